The van der Waals surface area contributed by atoms with Gasteiger partial charge in [-0.05, 0) is 26.5 Å². The molecule has 1 N–H and O–H groups in total. The topological polar surface area (TPSA) is 40.5 Å². The molecule has 0 bridgehead atoms. The third-order valence-electron chi connectivity index (χ3n) is 3.03. The molecule has 0 saturated heterocycles. The van der Waals surface area contributed by atoms with E-state index in [2.05, 4.69) is 4.90 Å². The summed E-state index contributed by atoms with van der Waals surface area (Å²) in [6, 6.07) is 1.87. The summed E-state index contributed by atoms with van der Waals surface area (Å²) in [5, 5.41) is 8.87. The van der Waals surface area contributed by atoms with E-state index in [9.17, 15) is 4.79 Å². The van der Waals surface area contributed by atoms with Gasteiger partial charge in [-0.25, -0.2) is 0 Å². The molecule has 0 aliphatic carbocycles. The van der Waals surface area contributed by atoms with Gasteiger partial charge in [0.05, 0.1) is 15.1 Å². The van der Waals surface area contributed by atoms with Crippen molar-refractivity contribution in [1.29, 1.82) is 0 Å². The number of thiophene rings is 1. The lowest BCUT2D eigenvalue weighted by atomic mass is 10.1. The van der Waals surface area contributed by atoms with Gasteiger partial charge >= 0.3 is 5.97 Å². The number of aliphatic carboxylic acids is 1. The summed E-state index contributed by atoms with van der Waals surface area (Å²) in [4.78, 5) is 12.9. The molecule has 1 heterocycles. The van der Waals surface area contributed by atoms with Crippen LogP contribution >= 0.6 is 34.5 Å². The Balaban J connectivity index is 2.88. The van der Waals surface area contributed by atoms with Crippen molar-refractivity contribution in [2.45, 2.75) is 39.3 Å². The molecule has 0 aromatic carbocycles. The molecule has 18 heavy (non-hydrogen) atoms. The summed E-state index contributed by atoms with van der Waals surface area (Å²) in [6.07, 6.45) is 0.119. The van der Waals surface area contributed by atoms with Crippen molar-refractivity contribution < 1.29 is 9.90 Å². The van der Waals surface area contributed by atoms with Gasteiger partial charge in [-0.15, -0.1) is 11.3 Å². The summed E-state index contributed by atoms with van der Waals surface area (Å²) in [7, 11) is 0. The van der Waals surface area contributed by atoms with Crippen molar-refractivity contribution in [3.8, 4) is 0 Å². The van der Waals surface area contributed by atoms with Crippen LogP contribution in [0.1, 0.15) is 38.8 Å². The van der Waals surface area contributed by atoms with Gasteiger partial charge < -0.3 is 5.11 Å². The number of carbonyl (C=O) groups is 1. The predicted octanol–water partition coefficient (Wildman–Crippen LogP) is 4.30. The molecular weight excluding hydrogens is 293 g/mol. The number of carboxylic acids is 1. The summed E-state index contributed by atoms with van der Waals surface area (Å²) in [5.41, 5.74) is 0.964. The lowest BCUT2D eigenvalue weighted by molar-refractivity contribution is -0.138. The van der Waals surface area contributed by atoms with Crippen molar-refractivity contribution in [1.82, 2.24) is 4.90 Å². The molecule has 6 heteroatoms. The van der Waals surface area contributed by atoms with Crippen LogP contribution in [-0.2, 0) is 4.79 Å². The maximum atomic E-state index is 10.8. The Morgan fingerprint density at radius 2 is 2.11 bits per heavy atom. The maximum absolute atomic E-state index is 10.8. The van der Waals surface area contributed by atoms with Crippen LogP contribution in [0.5, 0.6) is 0 Å². The van der Waals surface area contributed by atoms with Crippen LogP contribution in [0.15, 0.2) is 6.07 Å². The second kappa shape index (κ2) is 6.75. The average molecular weight is 310 g/mol. The highest BCUT2D eigenvalue weighted by molar-refractivity contribution is 7.20. The fraction of sp³-hybridized carbons (Fsp3) is 0.583. The van der Waals surface area contributed by atoms with Gasteiger partial charge in [-0.3, -0.25) is 9.69 Å². The minimum absolute atomic E-state index is 0.0442. The van der Waals surface area contributed by atoms with Gasteiger partial charge in [0.15, 0.2) is 0 Å². The standard InChI is InChI=1S/C12H17Cl2NO2S/c1-4-15(7(2)5-11(16)17)8(3)9-6-10(13)18-12(9)14/h6-8H,4-5H2,1-3H3,(H,16,17). The van der Waals surface area contributed by atoms with Crippen molar-refractivity contribution in [3.05, 3.63) is 20.3 Å². The zero-order valence-corrected chi connectivity index (χ0v) is 12.9. The van der Waals surface area contributed by atoms with Crippen LogP contribution < -0.4 is 0 Å². The zero-order chi connectivity index (χ0) is 13.9. The third kappa shape index (κ3) is 3.85. The predicted molar refractivity (Wildman–Crippen MR) is 76.8 cm³/mol. The summed E-state index contributed by atoms with van der Waals surface area (Å²) >= 11 is 13.4. The van der Waals surface area contributed by atoms with Gasteiger partial charge in [0, 0.05) is 17.6 Å². The number of hydrogen-bond donors (Lipinski definition) is 1. The normalized spacial score (nSPS) is 14.8. The third-order valence-corrected chi connectivity index (χ3v) is 4.55. The van der Waals surface area contributed by atoms with Crippen LogP contribution in [0.4, 0.5) is 0 Å². The van der Waals surface area contributed by atoms with Crippen LogP contribution in [0.3, 0.4) is 0 Å². The fourth-order valence-electron chi connectivity index (χ4n) is 2.15. The van der Waals surface area contributed by atoms with E-state index in [4.69, 9.17) is 28.3 Å². The van der Waals surface area contributed by atoms with E-state index >= 15 is 0 Å². The van der Waals surface area contributed by atoms with E-state index in [1.165, 1.54) is 11.3 Å². The summed E-state index contributed by atoms with van der Waals surface area (Å²) < 4.78 is 1.33. The molecule has 0 fully saturated rings. The lowest BCUT2D eigenvalue weighted by Gasteiger charge is -2.32. The van der Waals surface area contributed by atoms with Crippen LogP contribution in [0, 0.1) is 0 Å². The molecule has 0 saturated carbocycles. The Hall–Kier alpha value is -0.290. The minimum Gasteiger partial charge on any atom is -0.481 e. The molecule has 3 nitrogen and oxygen atoms in total. The molecule has 1 rings (SSSR count). The largest absolute Gasteiger partial charge is 0.481 e. The van der Waals surface area contributed by atoms with Crippen LogP contribution in [0.2, 0.25) is 8.67 Å². The van der Waals surface area contributed by atoms with Gasteiger partial charge in [-0.1, -0.05) is 30.1 Å². The first-order valence-electron chi connectivity index (χ1n) is 5.79. The first kappa shape index (κ1) is 15.8. The monoisotopic (exact) mass is 309 g/mol. The summed E-state index contributed by atoms with van der Waals surface area (Å²) in [6.45, 7) is 6.71. The number of nitrogens with zero attached hydrogens (tertiary/aromatic N) is 1. The SMILES string of the molecule is CCN(C(C)CC(=O)O)C(C)c1cc(Cl)sc1Cl. The highest BCUT2D eigenvalue weighted by Crippen LogP contribution is 2.37. The Labute approximate surface area is 121 Å². The highest BCUT2D eigenvalue weighted by Gasteiger charge is 2.24. The maximum Gasteiger partial charge on any atom is 0.304 e. The van der Waals surface area contributed by atoms with E-state index in [1.807, 2.05) is 26.8 Å². The molecule has 1 aromatic heterocycles. The number of rotatable bonds is 6. The zero-order valence-electron chi connectivity index (χ0n) is 10.6. The van der Waals surface area contributed by atoms with Gasteiger partial charge in [0.1, 0.15) is 0 Å². The quantitative estimate of drug-likeness (QED) is 0.851. The van der Waals surface area contributed by atoms with Crippen molar-refractivity contribution >= 4 is 40.5 Å². The Bertz CT molecular complexity index is 422. The smallest absolute Gasteiger partial charge is 0.304 e. The van der Waals surface area contributed by atoms with E-state index in [1.54, 1.807) is 0 Å². The molecule has 0 radical (unpaired) electrons. The number of halogens is 2. The molecule has 0 spiro atoms. The van der Waals surface area contributed by atoms with E-state index < -0.39 is 5.97 Å². The molecule has 1 aromatic rings. The van der Waals surface area contributed by atoms with Crippen LogP contribution in [0.25, 0.3) is 0 Å². The first-order valence-corrected chi connectivity index (χ1v) is 7.36. The molecule has 0 aliphatic rings. The minimum atomic E-state index is -0.789. The van der Waals surface area contributed by atoms with Crippen molar-refractivity contribution in [2.75, 3.05) is 6.54 Å². The Morgan fingerprint density at radius 3 is 2.50 bits per heavy atom. The Kier molecular flexibility index (Phi) is 5.92. The molecule has 2 atom stereocenters. The second-order valence-electron chi connectivity index (χ2n) is 4.23. The second-order valence-corrected chi connectivity index (χ2v) is 6.52. The molecule has 102 valence electrons. The van der Waals surface area contributed by atoms with Crippen LogP contribution in [-0.4, -0.2) is 28.6 Å². The average Bonchev–Trinajstić information content (AvgIpc) is 2.57. The van der Waals surface area contributed by atoms with Gasteiger partial charge in [0.2, 0.25) is 0 Å². The number of carboxylic acid groups (broad SMARTS) is 1. The highest BCUT2D eigenvalue weighted by atomic mass is 35.5. The first-order chi connectivity index (χ1) is 8.36. The van der Waals surface area contributed by atoms with Gasteiger partial charge in [-0.2, -0.15) is 0 Å². The van der Waals surface area contributed by atoms with Gasteiger partial charge in [0.25, 0.3) is 0 Å². The van der Waals surface area contributed by atoms with E-state index in [0.29, 0.717) is 8.67 Å². The Morgan fingerprint density at radius 1 is 1.50 bits per heavy atom. The molecule has 2 unspecified atom stereocenters. The van der Waals surface area contributed by atoms with E-state index in [-0.39, 0.29) is 18.5 Å². The fourth-order valence-corrected chi connectivity index (χ4v) is 3.79. The lowest BCUT2D eigenvalue weighted by Crippen LogP contribution is -2.36. The molecule has 0 aliphatic heterocycles. The van der Waals surface area contributed by atoms with Crippen molar-refractivity contribution in [2.24, 2.45) is 0 Å². The molecular formula is C12H17Cl2NO2S. The van der Waals surface area contributed by atoms with E-state index in [0.717, 1.165) is 12.1 Å². The van der Waals surface area contributed by atoms with Crippen molar-refractivity contribution in [3.63, 3.8) is 0 Å². The number of hydrogen-bond acceptors (Lipinski definition) is 3. The molecule has 0 amide bonds. The summed E-state index contributed by atoms with van der Waals surface area (Å²) in [5.74, 6) is -0.789.